The topological polar surface area (TPSA) is 50.9 Å². The Morgan fingerprint density at radius 1 is 0.603 bits per heavy atom. The monoisotopic (exact) mass is 837 g/mol. The fraction of sp³-hybridized carbons (Fsp3) is 0.288. The third kappa shape index (κ3) is 8.24. The maximum absolute atomic E-state index is 12.5. The lowest BCUT2D eigenvalue weighted by molar-refractivity contribution is 0.225. The highest BCUT2D eigenvalue weighted by Crippen LogP contribution is 2.47. The van der Waals surface area contributed by atoms with Gasteiger partial charge in [-0.05, 0) is 121 Å². The van der Waals surface area contributed by atoms with E-state index in [0.29, 0.717) is 39.3 Å². The molecule has 0 atom stereocenters. The molecule has 1 N–H and O–H groups in total. The third-order valence-electron chi connectivity index (χ3n) is 13.0. The summed E-state index contributed by atoms with van der Waals surface area (Å²) in [7, 11) is 0. The number of para-hydroxylation sites is 1. The molecule has 8 rings (SSSR count). The van der Waals surface area contributed by atoms with E-state index >= 15 is 0 Å². The van der Waals surface area contributed by atoms with Crippen LogP contribution in [-0.4, -0.2) is 19.6 Å². The van der Waals surface area contributed by atoms with Gasteiger partial charge in [0.25, 0.3) is 0 Å². The van der Waals surface area contributed by atoms with E-state index in [-0.39, 0.29) is 39.6 Å². The summed E-state index contributed by atoms with van der Waals surface area (Å²) in [5.41, 5.74) is 10.8. The molecule has 0 unspecified atom stereocenters. The molecule has 2 aromatic heterocycles. The van der Waals surface area contributed by atoms with Crippen LogP contribution in [0.15, 0.2) is 146 Å². The minimum absolute atomic E-state index is 0.0695. The molecule has 0 saturated heterocycles. The Bertz CT molecular complexity index is 3320. The first-order valence-corrected chi connectivity index (χ1v) is 21.8. The first-order chi connectivity index (χ1) is 32.5. The van der Waals surface area contributed by atoms with Gasteiger partial charge in [0.05, 0.1) is 34.8 Å². The molecule has 0 amide bonds. The number of hydrogen-bond acceptors (Lipinski definition) is 3. The molecule has 8 aromatic rings. The van der Waals surface area contributed by atoms with Crippen LogP contribution in [0.4, 0.5) is 0 Å². The lowest BCUT2D eigenvalue weighted by Crippen LogP contribution is -2.34. The van der Waals surface area contributed by atoms with E-state index in [1.807, 2.05) is 56.3 Å². The second-order valence-corrected chi connectivity index (χ2v) is 19.8. The standard InChI is InChI=1S/C59H63N3O/c1-37(2)42-33-48(38(3)4)55(63)50(34-42)56-61-54-47(43-30-44(32-46(31-43)57(5,6)7)51-35-41(28-29-60-51)39-20-15-13-16-21-39)24-19-25-53(54)62(56)52-27-26-45(59(11,12)58(8,9)10)36-49(52)40-22-17-14-18-23-40/h13-38,63H,1-12H3/i13D,15D,16D,20D,21D,37D,38D. The molecule has 0 aliphatic heterocycles. The zero-order chi connectivity index (χ0) is 51.2. The molecule has 0 aliphatic carbocycles. The van der Waals surface area contributed by atoms with Gasteiger partial charge in [0.15, 0.2) is 0 Å². The molecule has 63 heavy (non-hydrogen) atoms. The lowest BCUT2D eigenvalue weighted by atomic mass is 9.65. The number of phenols is 1. The van der Waals surface area contributed by atoms with Crippen LogP contribution in [-0.2, 0) is 10.8 Å². The van der Waals surface area contributed by atoms with Crippen molar-refractivity contribution in [2.24, 2.45) is 5.41 Å². The average molecular weight is 837 g/mol. The van der Waals surface area contributed by atoms with Crippen molar-refractivity contribution in [3.63, 3.8) is 0 Å². The van der Waals surface area contributed by atoms with Crippen LogP contribution in [0, 0.1) is 5.41 Å². The maximum Gasteiger partial charge on any atom is 0.149 e. The van der Waals surface area contributed by atoms with Crippen LogP contribution in [0.2, 0.25) is 0 Å². The molecule has 0 spiro atoms. The number of aromatic hydroxyl groups is 1. The van der Waals surface area contributed by atoms with E-state index in [2.05, 4.69) is 108 Å². The highest BCUT2D eigenvalue weighted by Gasteiger charge is 2.35. The van der Waals surface area contributed by atoms with Gasteiger partial charge in [-0.25, -0.2) is 4.98 Å². The second kappa shape index (κ2) is 16.5. The van der Waals surface area contributed by atoms with Gasteiger partial charge in [0.2, 0.25) is 0 Å². The summed E-state index contributed by atoms with van der Waals surface area (Å²) in [4.78, 5) is 10.3. The SMILES string of the molecule is [2H]c1c([2H])c([2H])c(-c2ccnc(-c3cc(-c4cccc5c4nc(-c4cc(C([2H])(C)C)cc(C([2H])(C)C)c4O)n5-c4ccc(C(C)(C)C(C)(C)C)cc4-c4ccccc4)cc(C(C)(C)C)c3)c2)c([2H])c1[2H]. The molecular formula is C59H63N3O. The zero-order valence-corrected chi connectivity index (χ0v) is 38.8. The molecule has 4 nitrogen and oxygen atoms in total. The number of benzene rings is 6. The van der Waals surface area contributed by atoms with Crippen molar-refractivity contribution in [3.8, 4) is 67.5 Å². The molecule has 0 aliphatic rings. The smallest absolute Gasteiger partial charge is 0.149 e. The minimum Gasteiger partial charge on any atom is -0.507 e. The van der Waals surface area contributed by atoms with Gasteiger partial charge in [0, 0.05) is 25.6 Å². The van der Waals surface area contributed by atoms with Crippen molar-refractivity contribution < 1.29 is 14.7 Å². The van der Waals surface area contributed by atoms with Crippen molar-refractivity contribution in [3.05, 3.63) is 168 Å². The summed E-state index contributed by atoms with van der Waals surface area (Å²) in [5, 5.41) is 12.5. The average Bonchev–Trinajstić information content (AvgIpc) is 3.68. The van der Waals surface area contributed by atoms with Crippen LogP contribution in [0.3, 0.4) is 0 Å². The van der Waals surface area contributed by atoms with Gasteiger partial charge in [-0.15, -0.1) is 0 Å². The van der Waals surface area contributed by atoms with E-state index in [1.54, 1.807) is 38.2 Å². The lowest BCUT2D eigenvalue weighted by Gasteiger charge is -2.40. The van der Waals surface area contributed by atoms with Crippen molar-refractivity contribution >= 4 is 11.0 Å². The van der Waals surface area contributed by atoms with E-state index in [9.17, 15) is 7.85 Å². The van der Waals surface area contributed by atoms with E-state index < -0.39 is 29.9 Å². The fourth-order valence-electron chi connectivity index (χ4n) is 8.14. The number of phenolic OH excluding ortho intramolecular Hbond substituents is 1. The number of rotatable bonds is 9. The highest BCUT2D eigenvalue weighted by atomic mass is 16.3. The first-order valence-electron chi connectivity index (χ1n) is 25.3. The van der Waals surface area contributed by atoms with Crippen molar-refractivity contribution in [2.75, 3.05) is 0 Å². The highest BCUT2D eigenvalue weighted by molar-refractivity contribution is 5.98. The molecule has 0 fully saturated rings. The number of imidazole rings is 1. The van der Waals surface area contributed by atoms with Gasteiger partial charge >= 0.3 is 0 Å². The number of pyridine rings is 1. The summed E-state index contributed by atoms with van der Waals surface area (Å²) in [5.74, 6) is -1.90. The van der Waals surface area contributed by atoms with Crippen LogP contribution in [0.5, 0.6) is 5.75 Å². The van der Waals surface area contributed by atoms with Gasteiger partial charge in [0.1, 0.15) is 11.6 Å². The van der Waals surface area contributed by atoms with E-state index in [0.717, 1.165) is 44.6 Å². The maximum atomic E-state index is 12.5. The van der Waals surface area contributed by atoms with Gasteiger partial charge in [-0.3, -0.25) is 9.55 Å². The molecule has 0 radical (unpaired) electrons. The van der Waals surface area contributed by atoms with Crippen LogP contribution >= 0.6 is 0 Å². The van der Waals surface area contributed by atoms with Crippen LogP contribution < -0.4 is 0 Å². The molecule has 2 heterocycles. The zero-order valence-electron chi connectivity index (χ0n) is 45.8. The van der Waals surface area contributed by atoms with Crippen molar-refractivity contribution in [2.45, 2.75) is 106 Å². The Morgan fingerprint density at radius 2 is 1.32 bits per heavy atom. The molecule has 0 saturated carbocycles. The quantitative estimate of drug-likeness (QED) is 0.158. The molecular weight excluding hydrogens is 767 g/mol. The summed E-state index contributed by atoms with van der Waals surface area (Å²) in [6.45, 7) is 24.9. The minimum atomic E-state index is -1.21. The first kappa shape index (κ1) is 35.2. The predicted octanol–water partition coefficient (Wildman–Crippen LogP) is 16.3. The predicted molar refractivity (Wildman–Crippen MR) is 267 cm³/mol. The largest absolute Gasteiger partial charge is 0.507 e. The van der Waals surface area contributed by atoms with Gasteiger partial charge < -0.3 is 5.11 Å². The van der Waals surface area contributed by atoms with E-state index in [4.69, 9.17) is 16.8 Å². The summed E-state index contributed by atoms with van der Waals surface area (Å²) < 4.78 is 62.8. The van der Waals surface area contributed by atoms with Crippen LogP contribution in [0.25, 0.3) is 72.7 Å². The summed E-state index contributed by atoms with van der Waals surface area (Å²) >= 11 is 0. The van der Waals surface area contributed by atoms with Crippen molar-refractivity contribution in [1.29, 1.82) is 0 Å². The fourth-order valence-corrected chi connectivity index (χ4v) is 8.14. The number of hydrogen-bond donors (Lipinski definition) is 1. The van der Waals surface area contributed by atoms with Gasteiger partial charge in [-0.1, -0.05) is 174 Å². The molecule has 320 valence electrons. The number of aromatic nitrogens is 3. The Morgan fingerprint density at radius 3 is 1.98 bits per heavy atom. The molecule has 0 bridgehead atoms. The Hall–Kier alpha value is -6.26. The normalized spacial score (nSPS) is 14.4. The number of nitrogens with zero attached hydrogens (tertiary/aromatic N) is 3. The Kier molecular flexibility index (Phi) is 9.20. The number of fused-ring (bicyclic) bond motifs is 1. The van der Waals surface area contributed by atoms with E-state index in [1.165, 1.54) is 5.56 Å². The molecule has 4 heteroatoms. The third-order valence-corrected chi connectivity index (χ3v) is 13.0. The Labute approximate surface area is 385 Å². The summed E-state index contributed by atoms with van der Waals surface area (Å²) in [6, 6.07) is 34.6. The second-order valence-electron chi connectivity index (χ2n) is 19.8. The molecule has 6 aromatic carbocycles. The van der Waals surface area contributed by atoms with Crippen molar-refractivity contribution in [1.82, 2.24) is 14.5 Å². The van der Waals surface area contributed by atoms with Gasteiger partial charge in [-0.2, -0.15) is 0 Å². The van der Waals surface area contributed by atoms with Crippen LogP contribution in [0.1, 0.15) is 127 Å². The summed E-state index contributed by atoms with van der Waals surface area (Å²) in [6.07, 6.45) is 1.60. The Balaban J connectivity index is 1.47.